The zero-order valence-corrected chi connectivity index (χ0v) is 10.2. The van der Waals surface area contributed by atoms with Crippen molar-refractivity contribution < 1.29 is 19.0 Å². The van der Waals surface area contributed by atoms with Crippen molar-refractivity contribution in [3.8, 4) is 11.8 Å². The lowest BCUT2D eigenvalue weighted by atomic mass is 10.1. The van der Waals surface area contributed by atoms with Crippen LogP contribution >= 0.6 is 0 Å². The van der Waals surface area contributed by atoms with E-state index in [2.05, 4.69) is 4.98 Å². The van der Waals surface area contributed by atoms with Crippen molar-refractivity contribution in [1.82, 2.24) is 4.98 Å². The Morgan fingerprint density at radius 1 is 1.40 bits per heavy atom. The highest BCUT2D eigenvalue weighted by Gasteiger charge is 2.14. The van der Waals surface area contributed by atoms with Crippen molar-refractivity contribution in [2.24, 2.45) is 0 Å². The van der Waals surface area contributed by atoms with Crippen LogP contribution in [0.5, 0.6) is 5.75 Å². The fourth-order valence-corrected chi connectivity index (χ4v) is 1.60. The Morgan fingerprint density at radius 3 is 2.90 bits per heavy atom. The van der Waals surface area contributed by atoms with Crippen LogP contribution in [0.4, 0.5) is 4.39 Å². The number of rotatable bonds is 4. The van der Waals surface area contributed by atoms with Crippen molar-refractivity contribution in [2.45, 2.75) is 6.61 Å². The van der Waals surface area contributed by atoms with Gasteiger partial charge >= 0.3 is 5.97 Å². The fraction of sp³-hybridized carbons (Fsp3) is 0.0714. The molecular formula is C14H9FN2O3. The summed E-state index contributed by atoms with van der Waals surface area (Å²) >= 11 is 0. The first-order valence-electron chi connectivity index (χ1n) is 5.62. The normalized spacial score (nSPS) is 9.80. The molecule has 0 aliphatic heterocycles. The Balaban J connectivity index is 2.22. The number of hydrogen-bond donors (Lipinski definition) is 1. The molecule has 2 aromatic rings. The summed E-state index contributed by atoms with van der Waals surface area (Å²) < 4.78 is 19.1. The molecule has 0 unspecified atom stereocenters. The maximum atomic E-state index is 13.8. The summed E-state index contributed by atoms with van der Waals surface area (Å²) in [7, 11) is 0. The van der Waals surface area contributed by atoms with E-state index in [1.165, 1.54) is 36.5 Å². The predicted molar refractivity (Wildman–Crippen MR) is 66.6 cm³/mol. The van der Waals surface area contributed by atoms with Gasteiger partial charge < -0.3 is 9.84 Å². The summed E-state index contributed by atoms with van der Waals surface area (Å²) in [6.45, 7) is -0.187. The van der Waals surface area contributed by atoms with E-state index >= 15 is 0 Å². The first-order chi connectivity index (χ1) is 9.63. The van der Waals surface area contributed by atoms with Crippen LogP contribution in [0.2, 0.25) is 0 Å². The summed E-state index contributed by atoms with van der Waals surface area (Å²) in [6.07, 6.45) is 1.33. The molecule has 20 heavy (non-hydrogen) atoms. The van der Waals surface area contributed by atoms with Crippen molar-refractivity contribution in [3.63, 3.8) is 0 Å². The molecule has 0 amide bonds. The van der Waals surface area contributed by atoms with Crippen molar-refractivity contribution >= 4 is 5.97 Å². The lowest BCUT2D eigenvalue weighted by molar-refractivity contribution is 0.0685. The molecule has 0 bridgehead atoms. The summed E-state index contributed by atoms with van der Waals surface area (Å²) in [4.78, 5) is 14.6. The standard InChI is InChI=1S/C14H9FN2O3/c15-12-9(7-16)3-1-4-10(12)8-20-11-5-2-6-17-13(11)14(18)19/h1-6H,8H2,(H,18,19). The minimum absolute atomic E-state index is 0.0433. The Labute approximate surface area is 113 Å². The molecule has 5 nitrogen and oxygen atoms in total. The first-order valence-corrected chi connectivity index (χ1v) is 5.62. The van der Waals surface area contributed by atoms with Gasteiger partial charge in [0.2, 0.25) is 0 Å². The van der Waals surface area contributed by atoms with Crippen LogP contribution in [0.25, 0.3) is 0 Å². The SMILES string of the molecule is N#Cc1cccc(COc2cccnc2C(=O)O)c1F. The predicted octanol–water partition coefficient (Wildman–Crippen LogP) is 2.37. The highest BCUT2D eigenvalue weighted by molar-refractivity contribution is 5.88. The zero-order chi connectivity index (χ0) is 14.5. The summed E-state index contributed by atoms with van der Waals surface area (Å²) in [6, 6.07) is 9.02. The third kappa shape index (κ3) is 2.72. The van der Waals surface area contributed by atoms with Crippen molar-refractivity contribution in [3.05, 3.63) is 59.2 Å². The van der Waals surface area contributed by atoms with Gasteiger partial charge in [-0.05, 0) is 18.2 Å². The molecule has 0 atom stereocenters. The second-order valence-corrected chi connectivity index (χ2v) is 3.83. The quantitative estimate of drug-likeness (QED) is 0.923. The lowest BCUT2D eigenvalue weighted by Crippen LogP contribution is -2.06. The van der Waals surface area contributed by atoms with Crippen LogP contribution in [0.1, 0.15) is 21.6 Å². The number of carboxylic acids is 1. The zero-order valence-electron chi connectivity index (χ0n) is 10.2. The highest BCUT2D eigenvalue weighted by Crippen LogP contribution is 2.19. The average Bonchev–Trinajstić information content (AvgIpc) is 2.46. The third-order valence-electron chi connectivity index (χ3n) is 2.56. The third-order valence-corrected chi connectivity index (χ3v) is 2.56. The summed E-state index contributed by atoms with van der Waals surface area (Å²) in [5.74, 6) is -1.86. The minimum atomic E-state index is -1.23. The van der Waals surface area contributed by atoms with Gasteiger partial charge in [-0.15, -0.1) is 0 Å². The molecule has 0 spiro atoms. The van der Waals surface area contributed by atoms with E-state index in [9.17, 15) is 9.18 Å². The van der Waals surface area contributed by atoms with Gasteiger partial charge in [0.1, 0.15) is 18.5 Å². The molecule has 2 rings (SSSR count). The van der Waals surface area contributed by atoms with Crippen LogP contribution in [-0.2, 0) is 6.61 Å². The Bertz CT molecular complexity index is 695. The van der Waals surface area contributed by atoms with E-state index < -0.39 is 11.8 Å². The second-order valence-electron chi connectivity index (χ2n) is 3.83. The number of benzene rings is 1. The monoisotopic (exact) mass is 272 g/mol. The molecule has 0 fully saturated rings. The first kappa shape index (κ1) is 13.5. The Hall–Kier alpha value is -2.94. The van der Waals surface area contributed by atoms with Crippen LogP contribution < -0.4 is 4.74 Å². The number of carboxylic acid groups (broad SMARTS) is 1. The number of hydrogen-bond acceptors (Lipinski definition) is 4. The molecule has 1 N–H and O–H groups in total. The van der Waals surface area contributed by atoms with Crippen molar-refractivity contribution in [1.29, 1.82) is 5.26 Å². The van der Waals surface area contributed by atoms with Gasteiger partial charge in [0.05, 0.1) is 5.56 Å². The smallest absolute Gasteiger partial charge is 0.358 e. The van der Waals surface area contributed by atoms with Crippen LogP contribution in [-0.4, -0.2) is 16.1 Å². The highest BCUT2D eigenvalue weighted by atomic mass is 19.1. The van der Waals surface area contributed by atoms with Gasteiger partial charge in [-0.1, -0.05) is 12.1 Å². The van der Waals surface area contributed by atoms with E-state index in [-0.39, 0.29) is 29.2 Å². The van der Waals surface area contributed by atoms with Crippen molar-refractivity contribution in [2.75, 3.05) is 0 Å². The number of halogens is 1. The molecule has 6 heteroatoms. The van der Waals surface area contributed by atoms with Gasteiger partial charge in [-0.3, -0.25) is 0 Å². The Kier molecular flexibility index (Phi) is 3.91. The van der Waals surface area contributed by atoms with Gasteiger partial charge in [-0.2, -0.15) is 5.26 Å². The fourth-order valence-electron chi connectivity index (χ4n) is 1.60. The maximum absolute atomic E-state index is 13.8. The number of pyridine rings is 1. The maximum Gasteiger partial charge on any atom is 0.358 e. The number of nitriles is 1. The molecule has 0 radical (unpaired) electrons. The molecule has 100 valence electrons. The number of carbonyl (C=O) groups is 1. The largest absolute Gasteiger partial charge is 0.486 e. The van der Waals surface area contributed by atoms with E-state index in [0.29, 0.717) is 0 Å². The minimum Gasteiger partial charge on any atom is -0.486 e. The number of ether oxygens (including phenoxy) is 1. The molecule has 1 aromatic carbocycles. The van der Waals surface area contributed by atoms with Gasteiger partial charge in [0.15, 0.2) is 11.4 Å². The van der Waals surface area contributed by atoms with E-state index in [0.717, 1.165) is 0 Å². The molecule has 1 aromatic heterocycles. The number of aromatic nitrogens is 1. The molecular weight excluding hydrogens is 263 g/mol. The lowest BCUT2D eigenvalue weighted by Gasteiger charge is -2.09. The molecule has 0 saturated heterocycles. The van der Waals surface area contributed by atoms with Crippen LogP contribution in [0, 0.1) is 17.1 Å². The summed E-state index contributed by atoms with van der Waals surface area (Å²) in [5.41, 5.74) is -0.163. The van der Waals surface area contributed by atoms with Gasteiger partial charge in [0.25, 0.3) is 0 Å². The molecule has 0 aliphatic rings. The van der Waals surface area contributed by atoms with Gasteiger partial charge in [-0.25, -0.2) is 14.2 Å². The van der Waals surface area contributed by atoms with Crippen LogP contribution in [0.3, 0.4) is 0 Å². The second kappa shape index (κ2) is 5.80. The molecule has 0 saturated carbocycles. The Morgan fingerprint density at radius 2 is 2.20 bits per heavy atom. The molecule has 0 aliphatic carbocycles. The average molecular weight is 272 g/mol. The number of aromatic carboxylic acids is 1. The number of nitrogens with zero attached hydrogens (tertiary/aromatic N) is 2. The van der Waals surface area contributed by atoms with E-state index in [1.54, 1.807) is 6.07 Å². The topological polar surface area (TPSA) is 83.2 Å². The van der Waals surface area contributed by atoms with Gasteiger partial charge in [0, 0.05) is 11.8 Å². The molecule has 1 heterocycles. The van der Waals surface area contributed by atoms with E-state index in [4.69, 9.17) is 15.1 Å². The van der Waals surface area contributed by atoms with E-state index in [1.807, 2.05) is 0 Å². The van der Waals surface area contributed by atoms with Crippen LogP contribution in [0.15, 0.2) is 36.5 Å². The summed E-state index contributed by atoms with van der Waals surface area (Å²) in [5, 5.41) is 17.7.